The molecule has 1 rings (SSSR count). The van der Waals surface area contributed by atoms with Crippen LogP contribution in [0.4, 0.5) is 0 Å². The van der Waals surface area contributed by atoms with Crippen LogP contribution >= 0.6 is 0 Å². The molecule has 0 aromatic heterocycles. The Bertz CT molecular complexity index is 363. The van der Waals surface area contributed by atoms with Gasteiger partial charge in [0.05, 0.1) is 25.2 Å². The second-order valence-electron chi connectivity index (χ2n) is 3.91. The van der Waals surface area contributed by atoms with Crippen LogP contribution < -0.4 is 0 Å². The standard InChI is InChI=1S/C14H17O4/c1-10(14(17)18-2)8-12(15)9-13(16)11-6-4-3-5-7-11/h3-8,12-13,15-16H,1,9H2,2H3/t12-,13-/m0/s1. The third-order valence-corrected chi connectivity index (χ3v) is 2.49. The van der Waals surface area contributed by atoms with Gasteiger partial charge >= 0.3 is 5.97 Å². The first-order chi connectivity index (χ1) is 8.54. The molecule has 0 bridgehead atoms. The molecule has 1 aromatic rings. The van der Waals surface area contributed by atoms with Gasteiger partial charge in [-0.1, -0.05) is 30.3 Å². The largest absolute Gasteiger partial charge is 0.469 e. The number of hydrogen-bond donors (Lipinski definition) is 2. The Morgan fingerprint density at radius 3 is 2.56 bits per heavy atom. The maximum atomic E-state index is 11.1. The van der Waals surface area contributed by atoms with E-state index in [0.29, 0.717) is 5.56 Å². The van der Waals surface area contributed by atoms with E-state index in [4.69, 9.17) is 0 Å². The highest BCUT2D eigenvalue weighted by atomic mass is 16.5. The van der Waals surface area contributed by atoms with Crippen molar-refractivity contribution in [3.05, 3.63) is 55.2 Å². The van der Waals surface area contributed by atoms with Gasteiger partial charge < -0.3 is 14.9 Å². The van der Waals surface area contributed by atoms with Crippen LogP contribution in [0, 0.1) is 19.3 Å². The molecular weight excluding hydrogens is 232 g/mol. The summed E-state index contributed by atoms with van der Waals surface area (Å²) in [5, 5.41) is 19.6. The van der Waals surface area contributed by atoms with Gasteiger partial charge in [0.2, 0.25) is 0 Å². The van der Waals surface area contributed by atoms with Crippen molar-refractivity contribution in [2.75, 3.05) is 7.11 Å². The summed E-state index contributed by atoms with van der Waals surface area (Å²) >= 11 is 0. The third-order valence-electron chi connectivity index (χ3n) is 2.49. The van der Waals surface area contributed by atoms with Gasteiger partial charge in [0, 0.05) is 12.8 Å². The normalized spacial score (nSPS) is 14.3. The van der Waals surface area contributed by atoms with Crippen molar-refractivity contribution >= 4 is 5.97 Å². The summed E-state index contributed by atoms with van der Waals surface area (Å²) in [5.41, 5.74) is 0.716. The molecule has 3 radical (unpaired) electrons. The molecule has 0 heterocycles. The smallest absolute Gasteiger partial charge is 0.313 e. The first kappa shape index (κ1) is 14.7. The van der Waals surface area contributed by atoms with Crippen molar-refractivity contribution in [2.24, 2.45) is 0 Å². The molecule has 0 saturated carbocycles. The van der Waals surface area contributed by atoms with Gasteiger partial charge in [-0.25, -0.2) is 0 Å². The van der Waals surface area contributed by atoms with E-state index in [-0.39, 0.29) is 12.3 Å². The lowest BCUT2D eigenvalue weighted by atomic mass is 9.97. The number of aliphatic hydroxyl groups is 2. The maximum absolute atomic E-state index is 11.1. The molecule has 2 atom stereocenters. The van der Waals surface area contributed by atoms with Crippen molar-refractivity contribution in [2.45, 2.75) is 18.6 Å². The average molecular weight is 249 g/mol. The molecule has 4 heteroatoms. The van der Waals surface area contributed by atoms with Crippen LogP contribution in [0.15, 0.2) is 30.3 Å². The summed E-state index contributed by atoms with van der Waals surface area (Å²) in [6, 6.07) is 9.00. The van der Waals surface area contributed by atoms with Crippen molar-refractivity contribution in [1.29, 1.82) is 0 Å². The topological polar surface area (TPSA) is 66.8 Å². The molecular formula is C14H17O4. The first-order valence-corrected chi connectivity index (χ1v) is 5.57. The monoisotopic (exact) mass is 249 g/mol. The SMILES string of the molecule is [CH2][C]([CH][C@H](O)C[C@H](O)c1ccccc1)C(=O)OC. The lowest BCUT2D eigenvalue weighted by molar-refractivity contribution is -0.137. The van der Waals surface area contributed by atoms with Crippen LogP contribution in [0.25, 0.3) is 0 Å². The van der Waals surface area contributed by atoms with Crippen LogP contribution in [0.3, 0.4) is 0 Å². The van der Waals surface area contributed by atoms with Crippen LogP contribution in [0.5, 0.6) is 0 Å². The van der Waals surface area contributed by atoms with E-state index < -0.39 is 18.2 Å². The first-order valence-electron chi connectivity index (χ1n) is 5.57. The quantitative estimate of drug-likeness (QED) is 0.745. The summed E-state index contributed by atoms with van der Waals surface area (Å²) in [5.74, 6) is -0.520. The van der Waals surface area contributed by atoms with Gasteiger partial charge in [-0.15, -0.1) is 0 Å². The summed E-state index contributed by atoms with van der Waals surface area (Å²) in [4.78, 5) is 11.1. The second kappa shape index (κ2) is 7.13. The average Bonchev–Trinajstić information content (AvgIpc) is 2.38. The number of carbonyl (C=O) groups is 1. The van der Waals surface area contributed by atoms with E-state index in [0.717, 1.165) is 0 Å². The number of esters is 1. The van der Waals surface area contributed by atoms with Gasteiger partial charge in [0.25, 0.3) is 0 Å². The Balaban J connectivity index is 2.45. The minimum atomic E-state index is -0.952. The molecule has 0 amide bonds. The van der Waals surface area contributed by atoms with E-state index in [1.807, 2.05) is 18.2 Å². The van der Waals surface area contributed by atoms with Crippen LogP contribution in [-0.2, 0) is 9.53 Å². The lowest BCUT2D eigenvalue weighted by Crippen LogP contribution is -2.21. The highest BCUT2D eigenvalue weighted by Gasteiger charge is 2.21. The molecule has 97 valence electrons. The number of carbonyl (C=O) groups excluding carboxylic acids is 1. The molecule has 0 aliphatic heterocycles. The fourth-order valence-electron chi connectivity index (χ4n) is 1.54. The fraction of sp³-hybridized carbons (Fsp3) is 0.286. The van der Waals surface area contributed by atoms with Crippen LogP contribution in [0.2, 0.25) is 0 Å². The zero-order chi connectivity index (χ0) is 13.5. The number of methoxy groups -OCH3 is 1. The number of rotatable bonds is 6. The number of aliphatic hydroxyl groups excluding tert-OH is 2. The van der Waals surface area contributed by atoms with Crippen molar-refractivity contribution < 1.29 is 19.7 Å². The number of hydrogen-bond acceptors (Lipinski definition) is 4. The van der Waals surface area contributed by atoms with E-state index in [1.165, 1.54) is 13.5 Å². The van der Waals surface area contributed by atoms with Gasteiger partial charge in [-0.3, -0.25) is 4.79 Å². The highest BCUT2D eigenvalue weighted by Crippen LogP contribution is 2.21. The van der Waals surface area contributed by atoms with E-state index in [1.54, 1.807) is 12.1 Å². The summed E-state index contributed by atoms with van der Waals surface area (Å²) in [6.07, 6.45) is -0.368. The van der Waals surface area contributed by atoms with Gasteiger partial charge in [0.1, 0.15) is 0 Å². The Kier molecular flexibility index (Phi) is 5.82. The molecule has 2 N–H and O–H groups in total. The number of ether oxygens (including phenoxy) is 1. The fourth-order valence-corrected chi connectivity index (χ4v) is 1.54. The van der Waals surface area contributed by atoms with Crippen molar-refractivity contribution in [3.8, 4) is 0 Å². The molecule has 1 aromatic carbocycles. The minimum Gasteiger partial charge on any atom is -0.469 e. The molecule has 0 fully saturated rings. The van der Waals surface area contributed by atoms with Gasteiger partial charge in [0.15, 0.2) is 0 Å². The Morgan fingerprint density at radius 1 is 1.39 bits per heavy atom. The van der Waals surface area contributed by atoms with E-state index in [9.17, 15) is 15.0 Å². The Labute approximate surface area is 107 Å². The minimum absolute atomic E-state index is 0.0743. The third kappa shape index (κ3) is 4.47. The predicted molar refractivity (Wildman–Crippen MR) is 66.9 cm³/mol. The van der Waals surface area contributed by atoms with Gasteiger partial charge in [-0.2, -0.15) is 0 Å². The molecule has 0 spiro atoms. The number of benzene rings is 1. The molecule has 0 saturated heterocycles. The molecule has 0 unspecified atom stereocenters. The Hall–Kier alpha value is -1.39. The van der Waals surface area contributed by atoms with Gasteiger partial charge in [-0.05, 0) is 12.5 Å². The van der Waals surface area contributed by atoms with Crippen LogP contribution in [-0.4, -0.2) is 29.4 Å². The summed E-state index contributed by atoms with van der Waals surface area (Å²) < 4.78 is 4.46. The molecule has 0 aliphatic carbocycles. The summed E-state index contributed by atoms with van der Waals surface area (Å²) in [7, 11) is 1.24. The highest BCUT2D eigenvalue weighted by molar-refractivity contribution is 5.87. The molecule has 18 heavy (non-hydrogen) atoms. The van der Waals surface area contributed by atoms with Crippen molar-refractivity contribution in [1.82, 2.24) is 0 Å². The molecule has 4 nitrogen and oxygen atoms in total. The Morgan fingerprint density at radius 2 is 2.00 bits per heavy atom. The maximum Gasteiger partial charge on any atom is 0.313 e. The zero-order valence-corrected chi connectivity index (χ0v) is 10.2. The van der Waals surface area contributed by atoms with Crippen molar-refractivity contribution in [3.63, 3.8) is 0 Å². The van der Waals surface area contributed by atoms with Crippen LogP contribution in [0.1, 0.15) is 18.1 Å². The lowest BCUT2D eigenvalue weighted by Gasteiger charge is -2.17. The second-order valence-corrected chi connectivity index (χ2v) is 3.91. The summed E-state index contributed by atoms with van der Waals surface area (Å²) in [6.45, 7) is 3.47. The van der Waals surface area contributed by atoms with E-state index >= 15 is 0 Å². The van der Waals surface area contributed by atoms with E-state index in [2.05, 4.69) is 11.7 Å². The predicted octanol–water partition coefficient (Wildman–Crippen LogP) is 1.26. The molecule has 0 aliphatic rings. The zero-order valence-electron chi connectivity index (χ0n) is 10.2.